The number of hydrogen-bond acceptors (Lipinski definition) is 3. The number of rotatable bonds is 3. The van der Waals surface area contributed by atoms with E-state index in [4.69, 9.17) is 4.74 Å². The molecule has 0 saturated carbocycles. The van der Waals surface area contributed by atoms with Gasteiger partial charge in [-0.2, -0.15) is 0 Å². The molecule has 5 nitrogen and oxygen atoms in total. The van der Waals surface area contributed by atoms with E-state index in [2.05, 4.69) is 0 Å². The number of carbonyl (C=O) groups excluding carboxylic acids is 1. The van der Waals surface area contributed by atoms with Crippen molar-refractivity contribution in [1.82, 2.24) is 4.90 Å². The molecule has 1 atom stereocenters. The number of hydrogen-bond donors (Lipinski definition) is 1. The van der Waals surface area contributed by atoms with Crippen molar-refractivity contribution in [3.05, 3.63) is 12.2 Å². The third-order valence-electron chi connectivity index (χ3n) is 3.73. The molecule has 0 bridgehead atoms. The molecule has 0 aromatic rings. The SMILES string of the molecule is CCOC(=O)C=CC1(C(C)(C)C)CCCN1C(=O)O. The van der Waals surface area contributed by atoms with E-state index in [1.807, 2.05) is 20.8 Å². The van der Waals surface area contributed by atoms with Crippen LogP contribution in [0.1, 0.15) is 40.5 Å². The zero-order valence-electron chi connectivity index (χ0n) is 12.1. The van der Waals surface area contributed by atoms with E-state index in [1.165, 1.54) is 11.0 Å². The maximum atomic E-state index is 11.5. The molecule has 0 radical (unpaired) electrons. The van der Waals surface area contributed by atoms with Gasteiger partial charge in [-0.15, -0.1) is 0 Å². The summed E-state index contributed by atoms with van der Waals surface area (Å²) in [7, 11) is 0. The zero-order valence-corrected chi connectivity index (χ0v) is 12.1. The largest absolute Gasteiger partial charge is 0.465 e. The van der Waals surface area contributed by atoms with Crippen LogP contribution < -0.4 is 0 Å². The van der Waals surface area contributed by atoms with Gasteiger partial charge in [0.15, 0.2) is 0 Å². The molecule has 1 heterocycles. The first-order valence-corrected chi connectivity index (χ1v) is 6.61. The molecule has 5 heteroatoms. The van der Waals surface area contributed by atoms with Gasteiger partial charge in [0.25, 0.3) is 0 Å². The van der Waals surface area contributed by atoms with Gasteiger partial charge in [0.2, 0.25) is 0 Å². The highest BCUT2D eigenvalue weighted by atomic mass is 16.5. The molecule has 108 valence electrons. The van der Waals surface area contributed by atoms with Gasteiger partial charge in [0, 0.05) is 12.6 Å². The normalized spacial score (nSPS) is 23.9. The van der Waals surface area contributed by atoms with Crippen LogP contribution in [0.3, 0.4) is 0 Å². The fourth-order valence-electron chi connectivity index (χ4n) is 2.71. The van der Waals surface area contributed by atoms with Crippen molar-refractivity contribution in [1.29, 1.82) is 0 Å². The molecule has 1 fully saturated rings. The molecule has 0 aromatic heterocycles. The van der Waals surface area contributed by atoms with Crippen molar-refractivity contribution in [2.75, 3.05) is 13.2 Å². The Morgan fingerprint density at radius 2 is 2.05 bits per heavy atom. The predicted octanol–water partition coefficient (Wildman–Crippen LogP) is 2.66. The Kier molecular flexibility index (Phi) is 4.61. The van der Waals surface area contributed by atoms with Crippen molar-refractivity contribution >= 4 is 12.1 Å². The van der Waals surface area contributed by atoms with Gasteiger partial charge >= 0.3 is 12.1 Å². The van der Waals surface area contributed by atoms with Crippen LogP contribution in [0.4, 0.5) is 4.79 Å². The summed E-state index contributed by atoms with van der Waals surface area (Å²) in [6.07, 6.45) is 3.64. The molecule has 1 N–H and O–H groups in total. The van der Waals surface area contributed by atoms with Crippen LogP contribution in [0.15, 0.2) is 12.2 Å². The van der Waals surface area contributed by atoms with Crippen molar-refractivity contribution < 1.29 is 19.4 Å². The molecule has 1 saturated heterocycles. The number of nitrogens with zero attached hydrogens (tertiary/aromatic N) is 1. The minimum absolute atomic E-state index is 0.287. The van der Waals surface area contributed by atoms with Crippen LogP contribution in [-0.4, -0.2) is 40.8 Å². The second kappa shape index (κ2) is 5.63. The summed E-state index contributed by atoms with van der Waals surface area (Å²) in [4.78, 5) is 24.3. The highest BCUT2D eigenvalue weighted by Gasteiger charge is 2.50. The Bertz CT molecular complexity index is 383. The Labute approximate surface area is 114 Å². The van der Waals surface area contributed by atoms with Gasteiger partial charge < -0.3 is 9.84 Å². The van der Waals surface area contributed by atoms with Gasteiger partial charge in [-0.25, -0.2) is 9.59 Å². The highest BCUT2D eigenvalue weighted by molar-refractivity contribution is 5.82. The van der Waals surface area contributed by atoms with Gasteiger partial charge in [0.1, 0.15) is 0 Å². The number of amides is 1. The Balaban J connectivity index is 3.08. The first-order valence-electron chi connectivity index (χ1n) is 6.61. The van der Waals surface area contributed by atoms with Crippen LogP contribution in [0.5, 0.6) is 0 Å². The number of carboxylic acid groups (broad SMARTS) is 1. The van der Waals surface area contributed by atoms with Gasteiger partial charge in [-0.1, -0.05) is 26.8 Å². The van der Waals surface area contributed by atoms with E-state index in [1.54, 1.807) is 13.0 Å². The van der Waals surface area contributed by atoms with Crippen LogP contribution >= 0.6 is 0 Å². The van der Waals surface area contributed by atoms with Crippen LogP contribution in [0.25, 0.3) is 0 Å². The van der Waals surface area contributed by atoms with E-state index in [9.17, 15) is 14.7 Å². The quantitative estimate of drug-likeness (QED) is 0.632. The maximum absolute atomic E-state index is 11.5. The number of carbonyl (C=O) groups is 2. The average Bonchev–Trinajstić information content (AvgIpc) is 2.71. The lowest BCUT2D eigenvalue weighted by Gasteiger charge is -2.45. The lowest BCUT2D eigenvalue weighted by atomic mass is 9.71. The van der Waals surface area contributed by atoms with E-state index in [-0.39, 0.29) is 5.41 Å². The molecular weight excluding hydrogens is 246 g/mol. The minimum atomic E-state index is -0.944. The Hall–Kier alpha value is -1.52. The third-order valence-corrected chi connectivity index (χ3v) is 3.73. The fraction of sp³-hybridized carbons (Fsp3) is 0.714. The molecule has 1 rings (SSSR count). The molecule has 0 aliphatic carbocycles. The standard InChI is InChI=1S/C14H23NO4/c1-5-19-11(16)7-9-14(13(2,3)4)8-6-10-15(14)12(17)18/h7,9H,5-6,8,10H2,1-4H3,(H,17,18). The summed E-state index contributed by atoms with van der Waals surface area (Å²) >= 11 is 0. The molecule has 1 amide bonds. The fourth-order valence-corrected chi connectivity index (χ4v) is 2.71. The summed E-state index contributed by atoms with van der Waals surface area (Å²) in [5.74, 6) is -0.427. The first-order chi connectivity index (χ1) is 8.74. The molecular formula is C14H23NO4. The summed E-state index contributed by atoms with van der Waals surface area (Å²) in [6, 6.07) is 0. The summed E-state index contributed by atoms with van der Waals surface area (Å²) in [6.45, 7) is 8.52. The van der Waals surface area contributed by atoms with E-state index in [0.29, 0.717) is 13.2 Å². The van der Waals surface area contributed by atoms with Crippen LogP contribution in [-0.2, 0) is 9.53 Å². The van der Waals surface area contributed by atoms with Crippen LogP contribution in [0, 0.1) is 5.41 Å². The van der Waals surface area contributed by atoms with Crippen molar-refractivity contribution in [2.24, 2.45) is 5.41 Å². The smallest absolute Gasteiger partial charge is 0.408 e. The molecule has 1 aliphatic rings. The van der Waals surface area contributed by atoms with Crippen molar-refractivity contribution in [3.8, 4) is 0 Å². The third kappa shape index (κ3) is 3.08. The average molecular weight is 269 g/mol. The van der Waals surface area contributed by atoms with E-state index in [0.717, 1.165) is 12.8 Å². The molecule has 19 heavy (non-hydrogen) atoms. The molecule has 1 unspecified atom stereocenters. The lowest BCUT2D eigenvalue weighted by Crippen LogP contribution is -2.54. The zero-order chi connectivity index (χ0) is 14.7. The Morgan fingerprint density at radius 3 is 2.53 bits per heavy atom. The molecule has 0 spiro atoms. The maximum Gasteiger partial charge on any atom is 0.408 e. The second-order valence-electron chi connectivity index (χ2n) is 5.80. The summed E-state index contributed by atoms with van der Waals surface area (Å²) in [5, 5.41) is 9.36. The highest BCUT2D eigenvalue weighted by Crippen LogP contribution is 2.44. The Morgan fingerprint density at radius 1 is 1.42 bits per heavy atom. The van der Waals surface area contributed by atoms with E-state index >= 15 is 0 Å². The summed E-state index contributed by atoms with van der Waals surface area (Å²) in [5.41, 5.74) is -0.934. The van der Waals surface area contributed by atoms with Crippen LogP contribution in [0.2, 0.25) is 0 Å². The van der Waals surface area contributed by atoms with Crippen molar-refractivity contribution in [3.63, 3.8) is 0 Å². The van der Waals surface area contributed by atoms with Gasteiger partial charge in [-0.05, 0) is 25.2 Å². The molecule has 1 aliphatic heterocycles. The summed E-state index contributed by atoms with van der Waals surface area (Å²) < 4.78 is 4.86. The van der Waals surface area contributed by atoms with E-state index < -0.39 is 17.6 Å². The topological polar surface area (TPSA) is 66.8 Å². The van der Waals surface area contributed by atoms with Gasteiger partial charge in [-0.3, -0.25) is 4.90 Å². The first kappa shape index (κ1) is 15.5. The second-order valence-corrected chi connectivity index (χ2v) is 5.80. The number of ether oxygens (including phenoxy) is 1. The van der Waals surface area contributed by atoms with Crippen molar-refractivity contribution in [2.45, 2.75) is 46.1 Å². The monoisotopic (exact) mass is 269 g/mol. The molecule has 0 aromatic carbocycles. The minimum Gasteiger partial charge on any atom is -0.465 e. The number of esters is 1. The number of likely N-dealkylation sites (tertiary alicyclic amines) is 1. The van der Waals surface area contributed by atoms with Gasteiger partial charge in [0.05, 0.1) is 12.1 Å². The predicted molar refractivity (Wildman–Crippen MR) is 71.9 cm³/mol. The lowest BCUT2D eigenvalue weighted by molar-refractivity contribution is -0.137.